The van der Waals surface area contributed by atoms with Crippen LogP contribution in [0.5, 0.6) is 11.5 Å². The molecule has 44 heavy (non-hydrogen) atoms. The number of para-hydroxylation sites is 4. The third-order valence-corrected chi connectivity index (χ3v) is 7.32. The van der Waals surface area contributed by atoms with Crippen molar-refractivity contribution in [3.05, 3.63) is 102 Å². The van der Waals surface area contributed by atoms with Crippen LogP contribution in [0.25, 0.3) is 33.4 Å². The molecule has 2 amide bonds. The molecule has 0 radical (unpaired) electrons. The Hall–Kier alpha value is -5.44. The van der Waals surface area contributed by atoms with Crippen molar-refractivity contribution in [2.75, 3.05) is 14.2 Å². The molecular weight excluding hydrogens is 558 g/mol. The van der Waals surface area contributed by atoms with Crippen molar-refractivity contribution in [2.45, 2.75) is 32.4 Å². The van der Waals surface area contributed by atoms with Gasteiger partial charge >= 0.3 is 0 Å². The topological polar surface area (TPSA) is 120 Å². The van der Waals surface area contributed by atoms with Crippen molar-refractivity contribution < 1.29 is 28.3 Å². The maximum Gasteiger partial charge on any atom is 0.266 e. The highest BCUT2D eigenvalue weighted by Gasteiger charge is 2.28. The molecule has 5 aromatic rings. The number of aromatic nitrogens is 1. The fourth-order valence-electron chi connectivity index (χ4n) is 4.96. The molecule has 0 aliphatic rings. The summed E-state index contributed by atoms with van der Waals surface area (Å²) in [5, 5.41) is 5.51. The number of hydrogen-bond donors (Lipinski definition) is 2. The Morgan fingerprint density at radius 2 is 1.36 bits per heavy atom. The molecule has 0 aliphatic carbocycles. The first-order chi connectivity index (χ1) is 21.3. The van der Waals surface area contributed by atoms with Crippen LogP contribution in [0, 0.1) is 0 Å². The number of carbonyl (C=O) groups is 3. The SMILES string of the molecule is CC[C@H](NC(=O)[C@H](C)NC(=O)c1cc(-c2ccccc2OC)cc(-c2ccccc2OC)c1)C(=O)c1nc2ccccc2o1. The summed E-state index contributed by atoms with van der Waals surface area (Å²) in [6.45, 7) is 3.34. The molecule has 1 heterocycles. The van der Waals surface area contributed by atoms with Gasteiger partial charge in [0.25, 0.3) is 11.8 Å². The van der Waals surface area contributed by atoms with Gasteiger partial charge in [0, 0.05) is 16.7 Å². The van der Waals surface area contributed by atoms with E-state index in [1.165, 1.54) is 0 Å². The standard InChI is InChI=1S/C35H33N3O6/c1-5-27(32(39)35-38-28-14-8-11-17-31(28)44-35)37-33(40)21(2)36-34(41)24-19-22(25-12-6-9-15-29(25)42-3)18-23(20-24)26-13-7-10-16-30(26)43-4/h6-21,27H,5H2,1-4H3,(H,36,41)(H,37,40)/t21-,27-/m0/s1. The van der Waals surface area contributed by atoms with Crippen LogP contribution in [0.1, 0.15) is 41.3 Å². The van der Waals surface area contributed by atoms with Crippen LogP contribution in [0.3, 0.4) is 0 Å². The number of amides is 2. The zero-order chi connectivity index (χ0) is 31.2. The minimum Gasteiger partial charge on any atom is -0.496 e. The summed E-state index contributed by atoms with van der Waals surface area (Å²) >= 11 is 0. The maximum atomic E-state index is 13.6. The zero-order valence-electron chi connectivity index (χ0n) is 24.9. The molecule has 2 N–H and O–H groups in total. The van der Waals surface area contributed by atoms with Crippen molar-refractivity contribution in [1.82, 2.24) is 15.6 Å². The van der Waals surface area contributed by atoms with Crippen LogP contribution >= 0.6 is 0 Å². The lowest BCUT2D eigenvalue weighted by molar-refractivity contribution is -0.123. The molecule has 0 saturated carbocycles. The van der Waals surface area contributed by atoms with Gasteiger partial charge < -0.3 is 24.5 Å². The molecule has 0 aliphatic heterocycles. The third-order valence-electron chi connectivity index (χ3n) is 7.32. The second-order valence-electron chi connectivity index (χ2n) is 10.2. The van der Waals surface area contributed by atoms with Crippen molar-refractivity contribution in [1.29, 1.82) is 0 Å². The summed E-state index contributed by atoms with van der Waals surface area (Å²) in [6.07, 6.45) is 0.313. The van der Waals surface area contributed by atoms with Crippen LogP contribution in [-0.2, 0) is 4.79 Å². The molecule has 0 spiro atoms. The van der Waals surface area contributed by atoms with Crippen LogP contribution in [-0.4, -0.2) is 48.9 Å². The van der Waals surface area contributed by atoms with E-state index in [1.807, 2.05) is 54.6 Å². The largest absolute Gasteiger partial charge is 0.496 e. The molecule has 9 heteroatoms. The molecular formula is C35H33N3O6. The number of oxazole rings is 1. The van der Waals surface area contributed by atoms with Gasteiger partial charge in [-0.05, 0) is 66.9 Å². The Labute approximate surface area is 255 Å². The van der Waals surface area contributed by atoms with E-state index in [0.29, 0.717) is 34.6 Å². The van der Waals surface area contributed by atoms with Gasteiger partial charge in [0.15, 0.2) is 5.58 Å². The second kappa shape index (κ2) is 13.2. The Balaban J connectivity index is 1.39. The van der Waals surface area contributed by atoms with E-state index in [-0.39, 0.29) is 5.89 Å². The van der Waals surface area contributed by atoms with Crippen molar-refractivity contribution >= 4 is 28.7 Å². The first-order valence-electron chi connectivity index (χ1n) is 14.3. The molecule has 0 saturated heterocycles. The average molecular weight is 592 g/mol. The number of hydrogen-bond acceptors (Lipinski definition) is 7. The van der Waals surface area contributed by atoms with Crippen LogP contribution < -0.4 is 20.1 Å². The molecule has 9 nitrogen and oxygen atoms in total. The third kappa shape index (κ3) is 6.32. The number of ether oxygens (including phenoxy) is 2. The molecule has 2 atom stereocenters. The molecule has 0 bridgehead atoms. The quantitative estimate of drug-likeness (QED) is 0.179. The lowest BCUT2D eigenvalue weighted by Gasteiger charge is -2.19. The van der Waals surface area contributed by atoms with E-state index in [2.05, 4.69) is 15.6 Å². The van der Waals surface area contributed by atoms with Gasteiger partial charge in [-0.25, -0.2) is 4.98 Å². The normalized spacial score (nSPS) is 12.3. The van der Waals surface area contributed by atoms with E-state index < -0.39 is 29.7 Å². The number of nitrogens with one attached hydrogen (secondary N) is 2. The summed E-state index contributed by atoms with van der Waals surface area (Å²) in [4.78, 5) is 44.1. The molecule has 0 unspecified atom stereocenters. The summed E-state index contributed by atoms with van der Waals surface area (Å²) in [6, 6.07) is 25.8. The fourth-order valence-corrected chi connectivity index (χ4v) is 4.96. The highest BCUT2D eigenvalue weighted by atomic mass is 16.5. The van der Waals surface area contributed by atoms with E-state index in [4.69, 9.17) is 13.9 Å². The van der Waals surface area contributed by atoms with Gasteiger partial charge in [-0.2, -0.15) is 0 Å². The minimum absolute atomic E-state index is 0.0768. The fraction of sp³-hybridized carbons (Fsp3) is 0.200. The summed E-state index contributed by atoms with van der Waals surface area (Å²) in [7, 11) is 3.19. The van der Waals surface area contributed by atoms with Gasteiger partial charge in [-0.15, -0.1) is 0 Å². The van der Waals surface area contributed by atoms with E-state index in [0.717, 1.165) is 22.3 Å². The lowest BCUT2D eigenvalue weighted by atomic mass is 9.94. The predicted molar refractivity (Wildman–Crippen MR) is 168 cm³/mol. The van der Waals surface area contributed by atoms with Crippen LogP contribution in [0.15, 0.2) is 95.4 Å². The molecule has 1 aromatic heterocycles. The summed E-state index contributed by atoms with van der Waals surface area (Å²) < 4.78 is 16.8. The van der Waals surface area contributed by atoms with Gasteiger partial charge in [0.1, 0.15) is 23.1 Å². The van der Waals surface area contributed by atoms with Gasteiger partial charge in [-0.3, -0.25) is 14.4 Å². The smallest absolute Gasteiger partial charge is 0.266 e. The van der Waals surface area contributed by atoms with E-state index in [1.54, 1.807) is 64.5 Å². The van der Waals surface area contributed by atoms with Crippen molar-refractivity contribution in [3.63, 3.8) is 0 Å². The monoisotopic (exact) mass is 591 g/mol. The minimum atomic E-state index is -0.947. The Bertz CT molecular complexity index is 1730. The number of Topliss-reactive ketones (excluding diaryl/α,β-unsaturated/α-hetero) is 1. The van der Waals surface area contributed by atoms with Crippen LogP contribution in [0.4, 0.5) is 0 Å². The average Bonchev–Trinajstić information content (AvgIpc) is 3.51. The van der Waals surface area contributed by atoms with Gasteiger partial charge in [0.2, 0.25) is 11.7 Å². The number of methoxy groups -OCH3 is 2. The highest BCUT2D eigenvalue weighted by molar-refractivity contribution is 6.02. The van der Waals surface area contributed by atoms with Gasteiger partial charge in [0.05, 0.1) is 20.3 Å². The first kappa shape index (κ1) is 30.0. The van der Waals surface area contributed by atoms with Gasteiger partial charge in [-0.1, -0.05) is 55.5 Å². The second-order valence-corrected chi connectivity index (χ2v) is 10.2. The lowest BCUT2D eigenvalue weighted by Crippen LogP contribution is -2.50. The number of nitrogens with zero attached hydrogens (tertiary/aromatic N) is 1. The van der Waals surface area contributed by atoms with Crippen molar-refractivity contribution in [2.24, 2.45) is 0 Å². The zero-order valence-corrected chi connectivity index (χ0v) is 24.9. The van der Waals surface area contributed by atoms with E-state index >= 15 is 0 Å². The number of ketones is 1. The maximum absolute atomic E-state index is 13.6. The number of rotatable bonds is 11. The first-order valence-corrected chi connectivity index (χ1v) is 14.3. The Morgan fingerprint density at radius 3 is 1.93 bits per heavy atom. The number of fused-ring (bicyclic) bond motifs is 1. The molecule has 0 fully saturated rings. The van der Waals surface area contributed by atoms with Crippen LogP contribution in [0.2, 0.25) is 0 Å². The highest BCUT2D eigenvalue weighted by Crippen LogP contribution is 2.36. The predicted octanol–water partition coefficient (Wildman–Crippen LogP) is 6.08. The Kier molecular flexibility index (Phi) is 9.04. The number of benzene rings is 4. The molecule has 5 rings (SSSR count). The molecule has 224 valence electrons. The Morgan fingerprint density at radius 1 is 0.795 bits per heavy atom. The molecule has 4 aromatic carbocycles. The summed E-state index contributed by atoms with van der Waals surface area (Å²) in [5.74, 6) is -0.191. The number of carbonyl (C=O) groups excluding carboxylic acids is 3. The van der Waals surface area contributed by atoms with E-state index in [9.17, 15) is 14.4 Å². The van der Waals surface area contributed by atoms with Crippen molar-refractivity contribution in [3.8, 4) is 33.8 Å². The summed E-state index contributed by atoms with van der Waals surface area (Å²) in [5.41, 5.74) is 4.49.